The molecule has 1 saturated heterocycles. The number of amides is 1. The highest BCUT2D eigenvalue weighted by molar-refractivity contribution is 7.19. The molecule has 2 rings (SSSR count). The normalized spacial score (nSPS) is 22.6. The van der Waals surface area contributed by atoms with Crippen LogP contribution in [0.15, 0.2) is 0 Å². The number of nitrogens with two attached hydrogens (primary N) is 2. The van der Waals surface area contributed by atoms with Crippen LogP contribution in [0.1, 0.15) is 43.8 Å². The van der Waals surface area contributed by atoms with E-state index in [0.29, 0.717) is 28.1 Å². The fourth-order valence-corrected chi connectivity index (χ4v) is 3.65. The summed E-state index contributed by atoms with van der Waals surface area (Å²) >= 11 is 1.35. The number of primary amides is 1. The lowest BCUT2D eigenvalue weighted by atomic mass is 9.89. The zero-order valence-corrected chi connectivity index (χ0v) is 14.0. The third-order valence-corrected chi connectivity index (χ3v) is 5.34. The van der Waals surface area contributed by atoms with Crippen LogP contribution in [0.2, 0.25) is 0 Å². The number of thiophene rings is 1. The molecule has 1 fully saturated rings. The van der Waals surface area contributed by atoms with E-state index in [1.807, 2.05) is 13.8 Å². The van der Waals surface area contributed by atoms with Crippen molar-refractivity contribution in [1.82, 2.24) is 0 Å². The van der Waals surface area contributed by atoms with Crippen LogP contribution in [0.5, 0.6) is 5.75 Å². The van der Waals surface area contributed by atoms with Crippen molar-refractivity contribution in [3.8, 4) is 5.75 Å². The minimum absolute atomic E-state index is 0.00233. The molecule has 2 heterocycles. The van der Waals surface area contributed by atoms with Crippen molar-refractivity contribution in [3.05, 3.63) is 4.88 Å². The minimum Gasteiger partial charge on any atom is -0.486 e. The molecule has 0 aromatic carbocycles. The first kappa shape index (κ1) is 15.9. The Morgan fingerprint density at radius 1 is 1.38 bits per heavy atom. The maximum atomic E-state index is 11.6. The third kappa shape index (κ3) is 3.26. The van der Waals surface area contributed by atoms with Gasteiger partial charge in [0.05, 0.1) is 6.10 Å². The molecule has 21 heavy (non-hydrogen) atoms. The van der Waals surface area contributed by atoms with Gasteiger partial charge < -0.3 is 21.1 Å². The van der Waals surface area contributed by atoms with Crippen LogP contribution in [0.4, 0.5) is 10.7 Å². The molecule has 0 spiro atoms. The van der Waals surface area contributed by atoms with Crippen molar-refractivity contribution in [1.29, 1.82) is 0 Å². The molecule has 0 bridgehead atoms. The number of ether oxygens (including phenoxy) is 1. The molecular weight excluding hydrogens is 286 g/mol. The molecule has 0 aliphatic carbocycles. The van der Waals surface area contributed by atoms with Crippen molar-refractivity contribution in [3.63, 3.8) is 0 Å². The number of nitrogen functional groups attached to an aromatic ring is 1. The zero-order chi connectivity index (χ0) is 15.7. The number of carbonyl (C=O) groups is 1. The van der Waals surface area contributed by atoms with Crippen LogP contribution >= 0.6 is 11.3 Å². The van der Waals surface area contributed by atoms with E-state index in [2.05, 4.69) is 18.7 Å². The van der Waals surface area contributed by atoms with Gasteiger partial charge in [-0.2, -0.15) is 0 Å². The molecule has 4 N–H and O–H groups in total. The van der Waals surface area contributed by atoms with E-state index in [-0.39, 0.29) is 6.10 Å². The van der Waals surface area contributed by atoms with Crippen LogP contribution in [0, 0.1) is 11.8 Å². The Kier molecular flexibility index (Phi) is 4.66. The smallest absolute Gasteiger partial charge is 0.261 e. The Morgan fingerprint density at radius 2 is 2.05 bits per heavy atom. The van der Waals surface area contributed by atoms with Gasteiger partial charge in [-0.3, -0.25) is 4.79 Å². The molecule has 0 radical (unpaired) electrons. The first-order valence-corrected chi connectivity index (χ1v) is 8.26. The second-order valence-electron chi connectivity index (χ2n) is 6.20. The number of hydrogen-bond donors (Lipinski definition) is 2. The number of anilines is 2. The first-order valence-electron chi connectivity index (χ1n) is 7.44. The summed E-state index contributed by atoms with van der Waals surface area (Å²) in [5.41, 5.74) is 11.9. The fourth-order valence-electron chi connectivity index (χ4n) is 2.60. The van der Waals surface area contributed by atoms with Crippen molar-refractivity contribution in [2.75, 3.05) is 23.7 Å². The van der Waals surface area contributed by atoms with E-state index in [1.165, 1.54) is 11.3 Å². The lowest BCUT2D eigenvalue weighted by Crippen LogP contribution is -2.38. The van der Waals surface area contributed by atoms with Crippen molar-refractivity contribution < 1.29 is 9.53 Å². The van der Waals surface area contributed by atoms with Crippen molar-refractivity contribution in [2.24, 2.45) is 17.6 Å². The lowest BCUT2D eigenvalue weighted by molar-refractivity contribution is 0.100. The molecule has 1 aromatic heterocycles. The van der Waals surface area contributed by atoms with Gasteiger partial charge in [0, 0.05) is 13.1 Å². The predicted octanol–water partition coefficient (Wildman–Crippen LogP) is 2.70. The van der Waals surface area contributed by atoms with Gasteiger partial charge in [-0.05, 0) is 32.1 Å². The maximum absolute atomic E-state index is 11.6. The second-order valence-corrected chi connectivity index (χ2v) is 7.20. The maximum Gasteiger partial charge on any atom is 0.261 e. The van der Waals surface area contributed by atoms with E-state index in [4.69, 9.17) is 16.2 Å². The number of hydrogen-bond acceptors (Lipinski definition) is 5. The summed E-state index contributed by atoms with van der Waals surface area (Å²) in [7, 11) is 0. The summed E-state index contributed by atoms with van der Waals surface area (Å²) < 4.78 is 5.86. The summed E-state index contributed by atoms with van der Waals surface area (Å²) in [6.07, 6.45) is 1.13. The van der Waals surface area contributed by atoms with Gasteiger partial charge in [-0.25, -0.2) is 0 Å². The highest BCUT2D eigenvalue weighted by atomic mass is 32.1. The molecule has 1 aliphatic heterocycles. The quantitative estimate of drug-likeness (QED) is 0.895. The highest BCUT2D eigenvalue weighted by Gasteiger charge is 2.29. The molecule has 2 unspecified atom stereocenters. The van der Waals surface area contributed by atoms with Gasteiger partial charge >= 0.3 is 0 Å². The van der Waals surface area contributed by atoms with Gasteiger partial charge in [-0.15, -0.1) is 11.3 Å². The van der Waals surface area contributed by atoms with E-state index < -0.39 is 5.91 Å². The van der Waals surface area contributed by atoms with Gasteiger partial charge in [0.25, 0.3) is 5.91 Å². The molecule has 1 aromatic rings. The van der Waals surface area contributed by atoms with E-state index in [9.17, 15) is 4.79 Å². The summed E-state index contributed by atoms with van der Waals surface area (Å²) in [4.78, 5) is 14.2. The van der Waals surface area contributed by atoms with Crippen molar-refractivity contribution in [2.45, 2.75) is 40.2 Å². The number of rotatable bonds is 4. The van der Waals surface area contributed by atoms with Crippen molar-refractivity contribution >= 4 is 27.9 Å². The van der Waals surface area contributed by atoms with Gasteiger partial charge in [-0.1, -0.05) is 13.8 Å². The molecule has 1 aliphatic rings. The Labute approximate surface area is 130 Å². The van der Waals surface area contributed by atoms with Crippen LogP contribution in [-0.2, 0) is 0 Å². The predicted molar refractivity (Wildman–Crippen MR) is 88.2 cm³/mol. The topological polar surface area (TPSA) is 81.6 Å². The second kappa shape index (κ2) is 6.13. The van der Waals surface area contributed by atoms with Gasteiger partial charge in [0.15, 0.2) is 5.75 Å². The molecule has 2 atom stereocenters. The van der Waals surface area contributed by atoms with Crippen LogP contribution in [0.25, 0.3) is 0 Å². The summed E-state index contributed by atoms with van der Waals surface area (Å²) in [6, 6.07) is 0. The van der Waals surface area contributed by atoms with E-state index >= 15 is 0 Å². The zero-order valence-electron chi connectivity index (χ0n) is 13.2. The van der Waals surface area contributed by atoms with E-state index in [0.717, 1.165) is 24.5 Å². The Morgan fingerprint density at radius 3 is 2.57 bits per heavy atom. The van der Waals surface area contributed by atoms with Gasteiger partial charge in [0.1, 0.15) is 15.6 Å². The molecule has 0 saturated carbocycles. The molecule has 5 nitrogen and oxygen atoms in total. The molecular formula is C15H25N3O2S. The standard InChI is InChI=1S/C15H25N3O2S/c1-8(2)20-12-11(16)13(14(17)19)21-15(12)18-6-5-9(3)10(4)7-18/h8-10H,5-7,16H2,1-4H3,(H2,17,19). The third-order valence-electron chi connectivity index (χ3n) is 4.08. The average molecular weight is 311 g/mol. The van der Waals surface area contributed by atoms with Crippen LogP contribution in [0.3, 0.4) is 0 Å². The van der Waals surface area contributed by atoms with E-state index in [1.54, 1.807) is 0 Å². The number of piperidine rings is 1. The number of carbonyl (C=O) groups excluding carboxylic acids is 1. The lowest BCUT2D eigenvalue weighted by Gasteiger charge is -2.36. The summed E-state index contributed by atoms with van der Waals surface area (Å²) in [5.74, 6) is 1.44. The van der Waals surface area contributed by atoms with Crippen LogP contribution in [-0.4, -0.2) is 25.1 Å². The van der Waals surface area contributed by atoms with Gasteiger partial charge in [0.2, 0.25) is 0 Å². The number of nitrogens with zero attached hydrogens (tertiary/aromatic N) is 1. The highest BCUT2D eigenvalue weighted by Crippen LogP contribution is 2.46. The fraction of sp³-hybridized carbons (Fsp3) is 0.667. The molecule has 6 heteroatoms. The van der Waals surface area contributed by atoms with Crippen LogP contribution < -0.4 is 21.1 Å². The monoisotopic (exact) mass is 311 g/mol. The Hall–Kier alpha value is -1.43. The molecule has 1 amide bonds. The summed E-state index contributed by atoms with van der Waals surface area (Å²) in [5, 5.41) is 0.939. The Bertz CT molecular complexity index is 527. The largest absolute Gasteiger partial charge is 0.486 e. The average Bonchev–Trinajstić information content (AvgIpc) is 2.70. The SMILES string of the molecule is CC(C)Oc1c(N2CCC(C)C(C)C2)sc(C(N)=O)c1N. The molecule has 118 valence electrons. The first-order chi connectivity index (χ1) is 9.81. The summed E-state index contributed by atoms with van der Waals surface area (Å²) in [6.45, 7) is 10.3. The Balaban J connectivity index is 2.37. The minimum atomic E-state index is -0.490.